The molecule has 4 nitrogen and oxygen atoms in total. The van der Waals surface area contributed by atoms with Crippen molar-refractivity contribution in [2.75, 3.05) is 0 Å². The minimum Gasteiger partial charge on any atom is -0.290 e. The highest BCUT2D eigenvalue weighted by atomic mass is 19.1. The lowest BCUT2D eigenvalue weighted by Crippen LogP contribution is -2.13. The topological polar surface area (TPSA) is 47.8 Å². The van der Waals surface area contributed by atoms with Crippen molar-refractivity contribution in [2.45, 2.75) is 45.3 Å². The first-order valence-electron chi connectivity index (χ1n) is 6.22. The Hall–Kier alpha value is -1.26. The molecule has 0 spiro atoms. The van der Waals surface area contributed by atoms with Gasteiger partial charge in [0, 0.05) is 12.3 Å². The van der Waals surface area contributed by atoms with Crippen molar-refractivity contribution in [1.29, 1.82) is 0 Å². The van der Waals surface area contributed by atoms with Crippen LogP contribution in [0.1, 0.15) is 61.8 Å². The maximum atomic E-state index is 13.8. The van der Waals surface area contributed by atoms with Crippen LogP contribution < -0.4 is 0 Å². The van der Waals surface area contributed by atoms with Crippen LogP contribution in [-0.4, -0.2) is 20.5 Å². The Labute approximate surface area is 99.2 Å². The Bertz CT molecular complexity index is 464. The first-order valence-corrected chi connectivity index (χ1v) is 6.22. The van der Waals surface area contributed by atoms with Gasteiger partial charge in [-0.1, -0.05) is 13.8 Å². The Morgan fingerprint density at radius 1 is 1.47 bits per heavy atom. The van der Waals surface area contributed by atoms with Crippen LogP contribution in [0.4, 0.5) is 4.39 Å². The molecule has 2 heterocycles. The van der Waals surface area contributed by atoms with E-state index in [4.69, 9.17) is 0 Å². The summed E-state index contributed by atoms with van der Waals surface area (Å²) in [5, 5.41) is 4.22. The molecule has 0 N–H and O–H groups in total. The van der Waals surface area contributed by atoms with Gasteiger partial charge in [-0.2, -0.15) is 0 Å². The summed E-state index contributed by atoms with van der Waals surface area (Å²) in [4.78, 5) is 15.9. The van der Waals surface area contributed by atoms with E-state index in [0.717, 1.165) is 12.8 Å². The number of nitrogens with zero attached hydrogens (tertiary/aromatic N) is 3. The van der Waals surface area contributed by atoms with Gasteiger partial charge in [0.2, 0.25) is 11.6 Å². The van der Waals surface area contributed by atoms with Gasteiger partial charge in [-0.25, -0.2) is 14.1 Å². The van der Waals surface area contributed by atoms with Gasteiger partial charge in [0.15, 0.2) is 12.0 Å². The van der Waals surface area contributed by atoms with E-state index < -0.39 is 6.17 Å². The first kappa shape index (κ1) is 10.9. The van der Waals surface area contributed by atoms with Crippen molar-refractivity contribution >= 4 is 5.78 Å². The summed E-state index contributed by atoms with van der Waals surface area (Å²) in [6.45, 7) is 4.08. The second-order valence-electron chi connectivity index (χ2n) is 5.39. The summed E-state index contributed by atoms with van der Waals surface area (Å²) in [5.74, 6) is 0.943. The van der Waals surface area contributed by atoms with Crippen LogP contribution in [-0.2, 0) is 0 Å². The molecule has 5 heteroatoms. The van der Waals surface area contributed by atoms with Gasteiger partial charge in [-0.05, 0) is 18.8 Å². The monoisotopic (exact) mass is 237 g/mol. The molecule has 0 radical (unpaired) electrons. The fourth-order valence-electron chi connectivity index (χ4n) is 2.40. The number of alkyl halides is 1. The summed E-state index contributed by atoms with van der Waals surface area (Å²) in [5.41, 5.74) is 0. The molecular weight excluding hydrogens is 221 g/mol. The number of Topliss-reactive ketones (excluding diaryl/α,β-unsaturated/α-hetero) is 1. The molecule has 92 valence electrons. The number of carbonyl (C=O) groups excluding carboxylic acids is 1. The molecule has 1 aromatic rings. The predicted octanol–water partition coefficient (Wildman–Crippen LogP) is 2.48. The summed E-state index contributed by atoms with van der Waals surface area (Å²) in [6, 6.07) is 0.0354. The maximum Gasteiger partial charge on any atom is 0.217 e. The third kappa shape index (κ3) is 1.68. The van der Waals surface area contributed by atoms with Crippen molar-refractivity contribution in [2.24, 2.45) is 11.8 Å². The van der Waals surface area contributed by atoms with E-state index in [-0.39, 0.29) is 23.6 Å². The summed E-state index contributed by atoms with van der Waals surface area (Å²) in [6.07, 6.45) is 1.21. The average Bonchev–Trinajstić information content (AvgIpc) is 2.95. The lowest BCUT2D eigenvalue weighted by Gasteiger charge is -2.14. The lowest BCUT2D eigenvalue weighted by molar-refractivity contribution is 0.0956. The Morgan fingerprint density at radius 2 is 2.18 bits per heavy atom. The summed E-state index contributed by atoms with van der Waals surface area (Å²) < 4.78 is 15.4. The fraction of sp³-hybridized carbons (Fsp3) is 0.750. The third-order valence-corrected chi connectivity index (χ3v) is 3.64. The number of fused-ring (bicyclic) bond motifs is 1. The minimum atomic E-state index is -1.07. The molecule has 1 fully saturated rings. The first-order chi connectivity index (χ1) is 8.08. The standard InChI is InChI=1S/C12H16FN3O/c1-6(2)9-5-8(13)12-14-11(15-16(9)12)10(17)7-3-4-7/h6-9H,3-5H2,1-2H3/t8-,9-/m0/s1. The molecule has 17 heavy (non-hydrogen) atoms. The second-order valence-corrected chi connectivity index (χ2v) is 5.39. The molecule has 3 rings (SSSR count). The molecule has 0 unspecified atom stereocenters. The summed E-state index contributed by atoms with van der Waals surface area (Å²) in [7, 11) is 0. The lowest BCUT2D eigenvalue weighted by atomic mass is 10.0. The van der Waals surface area contributed by atoms with Crippen LogP contribution in [0.15, 0.2) is 0 Å². The highest BCUT2D eigenvalue weighted by Gasteiger charge is 2.39. The van der Waals surface area contributed by atoms with Crippen LogP contribution in [0, 0.1) is 11.8 Å². The third-order valence-electron chi connectivity index (χ3n) is 3.64. The van der Waals surface area contributed by atoms with Gasteiger partial charge in [0.05, 0.1) is 6.04 Å². The van der Waals surface area contributed by atoms with Gasteiger partial charge in [0.25, 0.3) is 0 Å². The Balaban J connectivity index is 1.94. The van der Waals surface area contributed by atoms with Crippen LogP contribution >= 0.6 is 0 Å². The molecule has 0 aromatic carbocycles. The van der Waals surface area contributed by atoms with Crippen molar-refractivity contribution in [1.82, 2.24) is 14.8 Å². The predicted molar refractivity (Wildman–Crippen MR) is 59.4 cm³/mol. The van der Waals surface area contributed by atoms with Gasteiger partial charge >= 0.3 is 0 Å². The highest BCUT2D eigenvalue weighted by molar-refractivity contribution is 5.95. The molecule has 1 aliphatic carbocycles. The highest BCUT2D eigenvalue weighted by Crippen LogP contribution is 2.40. The average molecular weight is 237 g/mol. The van der Waals surface area contributed by atoms with Gasteiger partial charge in [0.1, 0.15) is 0 Å². The molecule has 0 amide bonds. The number of hydrogen-bond acceptors (Lipinski definition) is 3. The Morgan fingerprint density at radius 3 is 2.76 bits per heavy atom. The van der Waals surface area contributed by atoms with Crippen molar-refractivity contribution in [3.8, 4) is 0 Å². The van der Waals surface area contributed by atoms with E-state index in [0.29, 0.717) is 18.2 Å². The van der Waals surface area contributed by atoms with E-state index in [1.54, 1.807) is 4.68 Å². The quantitative estimate of drug-likeness (QED) is 0.759. The molecule has 0 saturated heterocycles. The van der Waals surface area contributed by atoms with Crippen LogP contribution in [0.25, 0.3) is 0 Å². The number of halogens is 1. The van der Waals surface area contributed by atoms with Crippen LogP contribution in [0.5, 0.6) is 0 Å². The summed E-state index contributed by atoms with van der Waals surface area (Å²) >= 11 is 0. The normalized spacial score (nSPS) is 27.5. The van der Waals surface area contributed by atoms with Crippen LogP contribution in [0.2, 0.25) is 0 Å². The zero-order valence-electron chi connectivity index (χ0n) is 10.1. The maximum absolute atomic E-state index is 13.8. The number of ketones is 1. The second kappa shape index (κ2) is 3.62. The van der Waals surface area contributed by atoms with E-state index in [1.165, 1.54) is 0 Å². The number of rotatable bonds is 3. The molecule has 2 atom stereocenters. The minimum absolute atomic E-state index is 0.0124. The fourth-order valence-corrected chi connectivity index (χ4v) is 2.40. The van der Waals surface area contributed by atoms with Crippen molar-refractivity contribution < 1.29 is 9.18 Å². The number of aromatic nitrogens is 3. The van der Waals surface area contributed by atoms with Gasteiger partial charge < -0.3 is 0 Å². The van der Waals surface area contributed by atoms with E-state index in [9.17, 15) is 9.18 Å². The molecule has 2 aliphatic rings. The van der Waals surface area contributed by atoms with Gasteiger partial charge in [-0.15, -0.1) is 5.10 Å². The SMILES string of the molecule is CC(C)[C@@H]1C[C@H](F)c2nc(C(=O)C3CC3)nn21. The largest absolute Gasteiger partial charge is 0.290 e. The molecule has 1 saturated carbocycles. The van der Waals surface area contributed by atoms with E-state index in [1.807, 2.05) is 13.8 Å². The van der Waals surface area contributed by atoms with Crippen molar-refractivity contribution in [3.63, 3.8) is 0 Å². The molecule has 1 aliphatic heterocycles. The Kier molecular flexibility index (Phi) is 2.31. The van der Waals surface area contributed by atoms with E-state index in [2.05, 4.69) is 10.1 Å². The van der Waals surface area contributed by atoms with Gasteiger partial charge in [-0.3, -0.25) is 4.79 Å². The van der Waals surface area contributed by atoms with Crippen LogP contribution in [0.3, 0.4) is 0 Å². The number of hydrogen-bond donors (Lipinski definition) is 0. The molecule has 1 aromatic heterocycles. The molecule has 0 bridgehead atoms. The molecular formula is C12H16FN3O. The van der Waals surface area contributed by atoms with E-state index >= 15 is 0 Å². The zero-order valence-corrected chi connectivity index (χ0v) is 10.1. The van der Waals surface area contributed by atoms with Crippen molar-refractivity contribution in [3.05, 3.63) is 11.6 Å². The smallest absolute Gasteiger partial charge is 0.217 e. The number of carbonyl (C=O) groups is 1. The zero-order chi connectivity index (χ0) is 12.2.